The predicted molar refractivity (Wildman–Crippen MR) is 53.4 cm³/mol. The number of hydrogen-bond acceptors (Lipinski definition) is 2. The fourth-order valence-corrected chi connectivity index (χ4v) is 1.29. The molecule has 0 heterocycles. The van der Waals surface area contributed by atoms with Gasteiger partial charge in [0.1, 0.15) is 6.61 Å². The predicted octanol–water partition coefficient (Wildman–Crippen LogP) is 2.10. The highest BCUT2D eigenvalue weighted by Gasteiger charge is 2.07. The molecule has 0 aliphatic heterocycles. The van der Waals surface area contributed by atoms with Gasteiger partial charge < -0.3 is 9.84 Å². The van der Waals surface area contributed by atoms with Crippen molar-refractivity contribution in [1.29, 1.82) is 0 Å². The monoisotopic (exact) mass is 230 g/mol. The van der Waals surface area contributed by atoms with E-state index in [0.717, 1.165) is 0 Å². The highest BCUT2D eigenvalue weighted by atomic mass is 19.3. The van der Waals surface area contributed by atoms with E-state index in [4.69, 9.17) is 9.84 Å². The summed E-state index contributed by atoms with van der Waals surface area (Å²) in [7, 11) is 0. The summed E-state index contributed by atoms with van der Waals surface area (Å²) in [6.07, 6.45) is -2.64. The first-order valence-corrected chi connectivity index (χ1v) is 4.74. The molecule has 0 radical (unpaired) electrons. The summed E-state index contributed by atoms with van der Waals surface area (Å²) in [6.45, 7) is -0.630. The maximum atomic E-state index is 11.8. The van der Waals surface area contributed by atoms with Gasteiger partial charge in [-0.15, -0.1) is 0 Å². The van der Waals surface area contributed by atoms with Crippen LogP contribution in [-0.4, -0.2) is 24.1 Å². The Morgan fingerprint density at radius 3 is 2.50 bits per heavy atom. The summed E-state index contributed by atoms with van der Waals surface area (Å²) in [6, 6.07) is 6.74. The standard InChI is InChI=1S/C11H12F2O3/c12-10(13)7-16-6-9-4-2-1-3-8(9)5-11(14)15/h1-4,10H,5-7H2,(H,14,15). The molecule has 1 aromatic carbocycles. The second-order valence-electron chi connectivity index (χ2n) is 3.25. The summed E-state index contributed by atoms with van der Waals surface area (Å²) >= 11 is 0. The van der Waals surface area contributed by atoms with E-state index in [1.807, 2.05) is 0 Å². The highest BCUT2D eigenvalue weighted by molar-refractivity contribution is 5.70. The van der Waals surface area contributed by atoms with Gasteiger partial charge in [0, 0.05) is 0 Å². The Labute approximate surface area is 91.7 Å². The number of aliphatic carboxylic acids is 1. The third-order valence-electron chi connectivity index (χ3n) is 1.96. The number of alkyl halides is 2. The third kappa shape index (κ3) is 4.35. The number of benzene rings is 1. The fraction of sp³-hybridized carbons (Fsp3) is 0.364. The molecule has 0 aliphatic carbocycles. The van der Waals surface area contributed by atoms with Crippen LogP contribution in [0.1, 0.15) is 11.1 Å². The minimum atomic E-state index is -2.51. The van der Waals surface area contributed by atoms with E-state index in [1.54, 1.807) is 24.3 Å². The average molecular weight is 230 g/mol. The first-order chi connectivity index (χ1) is 7.59. The number of hydrogen-bond donors (Lipinski definition) is 1. The van der Waals surface area contributed by atoms with E-state index in [9.17, 15) is 13.6 Å². The van der Waals surface area contributed by atoms with Crippen molar-refractivity contribution in [1.82, 2.24) is 0 Å². The van der Waals surface area contributed by atoms with E-state index in [2.05, 4.69) is 0 Å². The second kappa shape index (κ2) is 6.17. The molecular weight excluding hydrogens is 218 g/mol. The molecule has 5 heteroatoms. The first kappa shape index (κ1) is 12.6. The Hall–Kier alpha value is -1.49. The van der Waals surface area contributed by atoms with Gasteiger partial charge in [-0.2, -0.15) is 0 Å². The molecule has 0 amide bonds. The second-order valence-corrected chi connectivity index (χ2v) is 3.25. The van der Waals surface area contributed by atoms with Crippen LogP contribution in [0.4, 0.5) is 8.78 Å². The topological polar surface area (TPSA) is 46.5 Å². The SMILES string of the molecule is O=C(O)Cc1ccccc1COCC(F)F. The molecule has 88 valence electrons. The number of carboxylic acids is 1. The summed E-state index contributed by atoms with van der Waals surface area (Å²) in [5.41, 5.74) is 1.22. The molecular formula is C11H12F2O3. The van der Waals surface area contributed by atoms with E-state index in [-0.39, 0.29) is 13.0 Å². The fourth-order valence-electron chi connectivity index (χ4n) is 1.29. The Kier molecular flexibility index (Phi) is 4.85. The summed E-state index contributed by atoms with van der Waals surface area (Å²) in [4.78, 5) is 10.5. The van der Waals surface area contributed by atoms with Crippen molar-refractivity contribution in [3.63, 3.8) is 0 Å². The van der Waals surface area contributed by atoms with Crippen LogP contribution < -0.4 is 0 Å². The Morgan fingerprint density at radius 2 is 1.94 bits per heavy atom. The Bertz CT molecular complexity index is 353. The molecule has 0 fully saturated rings. The molecule has 0 saturated heterocycles. The smallest absolute Gasteiger partial charge is 0.307 e. The largest absolute Gasteiger partial charge is 0.481 e. The normalized spacial score (nSPS) is 10.7. The summed E-state index contributed by atoms with van der Waals surface area (Å²) < 4.78 is 28.4. The number of halogens is 2. The highest BCUT2D eigenvalue weighted by Crippen LogP contribution is 2.11. The van der Waals surface area contributed by atoms with Crippen molar-refractivity contribution in [2.75, 3.05) is 6.61 Å². The average Bonchev–Trinajstić information content (AvgIpc) is 2.19. The molecule has 0 bridgehead atoms. The molecule has 0 spiro atoms. The van der Waals surface area contributed by atoms with Crippen molar-refractivity contribution in [2.45, 2.75) is 19.5 Å². The van der Waals surface area contributed by atoms with Crippen LogP contribution in [0.5, 0.6) is 0 Å². The molecule has 0 aromatic heterocycles. The molecule has 1 aromatic rings. The summed E-state index contributed by atoms with van der Waals surface area (Å²) in [5.74, 6) is -0.957. The zero-order chi connectivity index (χ0) is 12.0. The van der Waals surface area contributed by atoms with Gasteiger partial charge in [-0.1, -0.05) is 24.3 Å². The lowest BCUT2D eigenvalue weighted by molar-refractivity contribution is -0.136. The van der Waals surface area contributed by atoms with Crippen LogP contribution in [0.15, 0.2) is 24.3 Å². The molecule has 0 atom stereocenters. The molecule has 0 saturated carbocycles. The van der Waals surface area contributed by atoms with Crippen molar-refractivity contribution in [2.24, 2.45) is 0 Å². The Morgan fingerprint density at radius 1 is 1.31 bits per heavy atom. The zero-order valence-electron chi connectivity index (χ0n) is 8.53. The van der Waals surface area contributed by atoms with Gasteiger partial charge in [0.15, 0.2) is 0 Å². The summed E-state index contributed by atoms with van der Waals surface area (Å²) in [5, 5.41) is 8.64. The van der Waals surface area contributed by atoms with Gasteiger partial charge in [0.25, 0.3) is 6.43 Å². The van der Waals surface area contributed by atoms with Crippen molar-refractivity contribution >= 4 is 5.97 Å². The Balaban J connectivity index is 2.60. The lowest BCUT2D eigenvalue weighted by Gasteiger charge is -2.08. The van der Waals surface area contributed by atoms with Crippen LogP contribution in [0, 0.1) is 0 Å². The van der Waals surface area contributed by atoms with Gasteiger partial charge in [-0.25, -0.2) is 8.78 Å². The van der Waals surface area contributed by atoms with Crippen molar-refractivity contribution in [3.8, 4) is 0 Å². The van der Waals surface area contributed by atoms with E-state index < -0.39 is 19.0 Å². The van der Waals surface area contributed by atoms with Gasteiger partial charge in [-0.3, -0.25) is 4.79 Å². The van der Waals surface area contributed by atoms with Crippen molar-refractivity contribution in [3.05, 3.63) is 35.4 Å². The molecule has 3 nitrogen and oxygen atoms in total. The maximum absolute atomic E-state index is 11.8. The van der Waals surface area contributed by atoms with Crippen LogP contribution in [0.2, 0.25) is 0 Å². The lowest BCUT2D eigenvalue weighted by atomic mass is 10.1. The number of ether oxygens (including phenoxy) is 1. The van der Waals surface area contributed by atoms with Crippen LogP contribution >= 0.6 is 0 Å². The molecule has 0 unspecified atom stereocenters. The van der Waals surface area contributed by atoms with E-state index in [0.29, 0.717) is 11.1 Å². The van der Waals surface area contributed by atoms with Crippen molar-refractivity contribution < 1.29 is 23.4 Å². The maximum Gasteiger partial charge on any atom is 0.307 e. The molecule has 16 heavy (non-hydrogen) atoms. The minimum absolute atomic E-state index is 0.00773. The van der Waals surface area contributed by atoms with Gasteiger partial charge >= 0.3 is 5.97 Å². The molecule has 0 aliphatic rings. The van der Waals surface area contributed by atoms with Crippen LogP contribution in [0.3, 0.4) is 0 Å². The molecule has 1 rings (SSSR count). The first-order valence-electron chi connectivity index (χ1n) is 4.74. The number of carbonyl (C=O) groups is 1. The minimum Gasteiger partial charge on any atom is -0.481 e. The molecule has 1 N–H and O–H groups in total. The van der Waals surface area contributed by atoms with Crippen LogP contribution in [0.25, 0.3) is 0 Å². The third-order valence-corrected chi connectivity index (χ3v) is 1.96. The van der Waals surface area contributed by atoms with E-state index >= 15 is 0 Å². The van der Waals surface area contributed by atoms with Gasteiger partial charge in [0.2, 0.25) is 0 Å². The number of rotatable bonds is 6. The lowest BCUT2D eigenvalue weighted by Crippen LogP contribution is -2.08. The van der Waals surface area contributed by atoms with E-state index in [1.165, 1.54) is 0 Å². The van der Waals surface area contributed by atoms with Gasteiger partial charge in [0.05, 0.1) is 13.0 Å². The zero-order valence-corrected chi connectivity index (χ0v) is 8.53. The van der Waals surface area contributed by atoms with Crippen LogP contribution in [-0.2, 0) is 22.6 Å². The van der Waals surface area contributed by atoms with Gasteiger partial charge in [-0.05, 0) is 11.1 Å². The number of carboxylic acid groups (broad SMARTS) is 1. The quantitative estimate of drug-likeness (QED) is 0.814.